The fraction of sp³-hybridized carbons (Fsp3) is 0.500. The minimum absolute atomic E-state index is 0.0339. The summed E-state index contributed by atoms with van der Waals surface area (Å²) in [5.41, 5.74) is -1.24. The SMILES string of the molecule is COC(=O)C1(N(C)S(=O)(=O)c2cccc(Cl)c2)CC(OC)C1. The normalized spacial score (nSPS) is 24.9. The summed E-state index contributed by atoms with van der Waals surface area (Å²) >= 11 is 5.86. The minimum Gasteiger partial charge on any atom is -0.468 e. The van der Waals surface area contributed by atoms with E-state index in [0.717, 1.165) is 4.31 Å². The standard InChI is InChI=1S/C14H18ClNO5S/c1-16(14(13(17)21-3)8-11(9-14)20-2)22(18,19)12-6-4-5-10(15)7-12/h4-7,11H,8-9H2,1-3H3. The van der Waals surface area contributed by atoms with E-state index in [1.54, 1.807) is 12.1 Å². The molecule has 0 unspecified atom stereocenters. The van der Waals surface area contributed by atoms with Gasteiger partial charge in [-0.25, -0.2) is 8.42 Å². The Kier molecular flexibility index (Phi) is 4.81. The highest BCUT2D eigenvalue weighted by Gasteiger charge is 2.58. The molecule has 1 fully saturated rings. The predicted molar refractivity (Wildman–Crippen MR) is 81.2 cm³/mol. The first-order chi connectivity index (χ1) is 10.3. The van der Waals surface area contributed by atoms with Crippen LogP contribution >= 0.6 is 11.6 Å². The third-order valence-corrected chi connectivity index (χ3v) is 6.24. The Morgan fingerprint density at radius 3 is 2.50 bits per heavy atom. The van der Waals surface area contributed by atoms with Gasteiger partial charge in [0.2, 0.25) is 10.0 Å². The first kappa shape index (κ1) is 17.2. The maximum Gasteiger partial charge on any atom is 0.327 e. The van der Waals surface area contributed by atoms with Gasteiger partial charge in [-0.15, -0.1) is 0 Å². The zero-order valence-corrected chi connectivity index (χ0v) is 14.1. The highest BCUT2D eigenvalue weighted by atomic mass is 35.5. The fourth-order valence-corrected chi connectivity index (χ4v) is 4.40. The number of esters is 1. The quantitative estimate of drug-likeness (QED) is 0.758. The van der Waals surface area contributed by atoms with Crippen molar-refractivity contribution in [2.75, 3.05) is 21.3 Å². The number of methoxy groups -OCH3 is 2. The van der Waals surface area contributed by atoms with Crippen molar-refractivity contribution in [2.45, 2.75) is 29.4 Å². The van der Waals surface area contributed by atoms with Gasteiger partial charge in [-0.2, -0.15) is 4.31 Å². The lowest BCUT2D eigenvalue weighted by molar-refractivity contribution is -0.166. The van der Waals surface area contributed by atoms with Gasteiger partial charge < -0.3 is 9.47 Å². The Morgan fingerprint density at radius 2 is 2.00 bits per heavy atom. The van der Waals surface area contributed by atoms with Gasteiger partial charge in [0.25, 0.3) is 0 Å². The Hall–Kier alpha value is -1.15. The number of hydrogen-bond donors (Lipinski definition) is 0. The van der Waals surface area contributed by atoms with Gasteiger partial charge in [-0.3, -0.25) is 4.79 Å². The van der Waals surface area contributed by atoms with Crippen molar-refractivity contribution in [1.29, 1.82) is 0 Å². The molecule has 1 aliphatic rings. The molecule has 1 aromatic carbocycles. The number of benzene rings is 1. The second-order valence-electron chi connectivity index (χ2n) is 5.22. The van der Waals surface area contributed by atoms with Crippen molar-refractivity contribution in [3.63, 3.8) is 0 Å². The summed E-state index contributed by atoms with van der Waals surface area (Å²) in [4.78, 5) is 12.2. The summed E-state index contributed by atoms with van der Waals surface area (Å²) in [5, 5.41) is 0.310. The Bertz CT molecular complexity index is 670. The molecule has 0 aliphatic heterocycles. The van der Waals surface area contributed by atoms with Gasteiger partial charge in [-0.05, 0) is 18.2 Å². The largest absolute Gasteiger partial charge is 0.468 e. The number of carbonyl (C=O) groups is 1. The van der Waals surface area contributed by atoms with E-state index in [-0.39, 0.29) is 23.8 Å². The topological polar surface area (TPSA) is 72.9 Å². The van der Waals surface area contributed by atoms with E-state index in [0.29, 0.717) is 5.02 Å². The zero-order valence-electron chi connectivity index (χ0n) is 12.6. The van der Waals surface area contributed by atoms with Crippen molar-refractivity contribution in [3.05, 3.63) is 29.3 Å². The molecule has 0 amide bonds. The van der Waals surface area contributed by atoms with E-state index >= 15 is 0 Å². The average molecular weight is 348 g/mol. The highest BCUT2D eigenvalue weighted by Crippen LogP contribution is 2.42. The number of likely N-dealkylation sites (N-methyl/N-ethyl adjacent to an activating group) is 1. The summed E-state index contributed by atoms with van der Waals surface area (Å²) in [5.74, 6) is -0.589. The van der Waals surface area contributed by atoms with E-state index in [2.05, 4.69) is 0 Å². The number of halogens is 1. The van der Waals surface area contributed by atoms with Gasteiger partial charge in [0, 0.05) is 32.0 Å². The van der Waals surface area contributed by atoms with Gasteiger partial charge >= 0.3 is 5.97 Å². The summed E-state index contributed by atoms with van der Waals surface area (Å²) in [6.07, 6.45) is 0.343. The third kappa shape index (κ3) is 2.74. The van der Waals surface area contributed by atoms with Crippen molar-refractivity contribution in [3.8, 4) is 0 Å². The molecule has 1 saturated carbocycles. The molecule has 22 heavy (non-hydrogen) atoms. The van der Waals surface area contributed by atoms with E-state index in [4.69, 9.17) is 21.1 Å². The van der Waals surface area contributed by atoms with Crippen LogP contribution < -0.4 is 0 Å². The van der Waals surface area contributed by atoms with Crippen LogP contribution in [-0.4, -0.2) is 51.6 Å². The van der Waals surface area contributed by atoms with E-state index in [1.165, 1.54) is 33.4 Å². The van der Waals surface area contributed by atoms with Crippen LogP contribution in [0.3, 0.4) is 0 Å². The average Bonchev–Trinajstić information content (AvgIpc) is 2.46. The van der Waals surface area contributed by atoms with Crippen LogP contribution in [0.15, 0.2) is 29.2 Å². The van der Waals surface area contributed by atoms with E-state index < -0.39 is 21.5 Å². The molecule has 122 valence electrons. The fourth-order valence-electron chi connectivity index (χ4n) is 2.62. The highest BCUT2D eigenvalue weighted by molar-refractivity contribution is 7.89. The second kappa shape index (κ2) is 6.16. The molecule has 2 rings (SSSR count). The predicted octanol–water partition coefficient (Wildman–Crippen LogP) is 1.68. The van der Waals surface area contributed by atoms with Crippen LogP contribution in [0.2, 0.25) is 5.02 Å². The maximum atomic E-state index is 12.8. The number of nitrogens with zero attached hydrogens (tertiary/aromatic N) is 1. The van der Waals surface area contributed by atoms with Crippen LogP contribution in [0.5, 0.6) is 0 Å². The minimum atomic E-state index is -3.87. The molecular weight excluding hydrogens is 330 g/mol. The van der Waals surface area contributed by atoms with Gasteiger partial charge in [0.05, 0.1) is 18.1 Å². The van der Waals surface area contributed by atoms with Crippen LogP contribution in [0.4, 0.5) is 0 Å². The molecule has 0 spiro atoms. The molecule has 0 bridgehead atoms. The van der Waals surface area contributed by atoms with Crippen molar-refractivity contribution >= 4 is 27.6 Å². The molecule has 0 N–H and O–H groups in total. The van der Waals surface area contributed by atoms with Crippen LogP contribution in [0, 0.1) is 0 Å². The van der Waals surface area contributed by atoms with Crippen LogP contribution in [-0.2, 0) is 24.3 Å². The molecule has 1 aromatic rings. The van der Waals surface area contributed by atoms with Gasteiger partial charge in [0.1, 0.15) is 5.54 Å². The number of rotatable bonds is 5. The number of hydrogen-bond acceptors (Lipinski definition) is 5. The number of carbonyl (C=O) groups excluding carboxylic acids is 1. The van der Waals surface area contributed by atoms with Crippen LogP contribution in [0.1, 0.15) is 12.8 Å². The summed E-state index contributed by atoms with van der Waals surface area (Å²) in [6, 6.07) is 5.92. The van der Waals surface area contributed by atoms with Crippen molar-refractivity contribution in [1.82, 2.24) is 4.31 Å². The Morgan fingerprint density at radius 1 is 1.36 bits per heavy atom. The molecule has 0 radical (unpaired) electrons. The van der Waals surface area contributed by atoms with Gasteiger partial charge in [0.15, 0.2) is 0 Å². The lowest BCUT2D eigenvalue weighted by atomic mass is 9.74. The zero-order chi connectivity index (χ0) is 16.5. The number of sulfonamides is 1. The molecule has 0 atom stereocenters. The molecule has 8 heteroatoms. The van der Waals surface area contributed by atoms with E-state index in [9.17, 15) is 13.2 Å². The molecule has 0 aromatic heterocycles. The summed E-state index contributed by atoms with van der Waals surface area (Å²) in [6.45, 7) is 0. The van der Waals surface area contributed by atoms with Crippen molar-refractivity contribution in [2.24, 2.45) is 0 Å². The first-order valence-electron chi connectivity index (χ1n) is 6.64. The molecule has 6 nitrogen and oxygen atoms in total. The Labute approximate surface area is 135 Å². The third-order valence-electron chi connectivity index (χ3n) is 4.09. The van der Waals surface area contributed by atoms with Crippen molar-refractivity contribution < 1.29 is 22.7 Å². The van der Waals surface area contributed by atoms with Gasteiger partial charge in [-0.1, -0.05) is 17.7 Å². The smallest absolute Gasteiger partial charge is 0.327 e. The Balaban J connectivity index is 2.39. The second-order valence-corrected chi connectivity index (χ2v) is 7.62. The molecule has 0 saturated heterocycles. The van der Waals surface area contributed by atoms with Crippen LogP contribution in [0.25, 0.3) is 0 Å². The monoisotopic (exact) mass is 347 g/mol. The molecule has 1 aliphatic carbocycles. The summed E-state index contributed by atoms with van der Waals surface area (Å²) < 4.78 is 36.6. The molecular formula is C14H18ClNO5S. The van der Waals surface area contributed by atoms with E-state index in [1.807, 2.05) is 0 Å². The molecule has 0 heterocycles. The number of ether oxygens (including phenoxy) is 2. The lowest BCUT2D eigenvalue weighted by Crippen LogP contribution is -2.65. The summed E-state index contributed by atoms with van der Waals surface area (Å²) in [7, 11) is 0.265. The maximum absolute atomic E-state index is 12.8. The lowest BCUT2D eigenvalue weighted by Gasteiger charge is -2.48. The first-order valence-corrected chi connectivity index (χ1v) is 8.45.